The third kappa shape index (κ3) is 3.37. The molecule has 1 N–H and O–H groups in total. The van der Waals surface area contributed by atoms with Crippen LogP contribution in [0.2, 0.25) is 0 Å². The van der Waals surface area contributed by atoms with Crippen LogP contribution >= 0.6 is 0 Å². The van der Waals surface area contributed by atoms with Crippen molar-refractivity contribution >= 4 is 11.8 Å². The molecule has 0 spiro atoms. The lowest BCUT2D eigenvalue weighted by Crippen LogP contribution is -2.47. The lowest BCUT2D eigenvalue weighted by molar-refractivity contribution is -0.139. The molecule has 0 aliphatic heterocycles. The molecule has 2 aliphatic carbocycles. The Kier molecular flexibility index (Phi) is 3.70. The van der Waals surface area contributed by atoms with Crippen molar-refractivity contribution in [1.82, 2.24) is 10.2 Å². The average Bonchev–Trinajstić information content (AvgIpc) is 2.86. The molecule has 2 amide bonds. The van der Waals surface area contributed by atoms with Crippen molar-refractivity contribution < 1.29 is 9.59 Å². The third-order valence-electron chi connectivity index (χ3n) is 3.87. The first kappa shape index (κ1) is 14.1. The first-order chi connectivity index (χ1) is 8.76. The number of hydrogen-bond acceptors (Lipinski definition) is 2. The first-order valence-corrected chi connectivity index (χ1v) is 7.00. The predicted molar refractivity (Wildman–Crippen MR) is 74.4 cm³/mol. The maximum atomic E-state index is 12.3. The van der Waals surface area contributed by atoms with Crippen LogP contribution in [0.15, 0.2) is 12.2 Å². The summed E-state index contributed by atoms with van der Waals surface area (Å²) in [5.74, 6) is 1.08. The topological polar surface area (TPSA) is 49.4 Å². The first-order valence-electron chi connectivity index (χ1n) is 7.00. The SMILES string of the molecule is CN(CC(=O)NC(C)(C)C)C(=O)C1CC2C=CC1C2. The fourth-order valence-electron chi connectivity index (χ4n) is 3.10. The van der Waals surface area contributed by atoms with Gasteiger partial charge in [0.25, 0.3) is 0 Å². The van der Waals surface area contributed by atoms with E-state index in [1.54, 1.807) is 11.9 Å². The number of fused-ring (bicyclic) bond motifs is 2. The standard InChI is InChI=1S/C15H24N2O2/c1-15(2,3)16-13(18)9-17(4)14(19)12-8-10-5-6-11(12)7-10/h5-6,10-12H,7-9H2,1-4H3,(H,16,18). The Balaban J connectivity index is 1.86. The van der Waals surface area contributed by atoms with Gasteiger partial charge in [-0.05, 0) is 45.4 Å². The molecule has 0 aromatic heterocycles. The number of hydrogen-bond donors (Lipinski definition) is 1. The highest BCUT2D eigenvalue weighted by molar-refractivity contribution is 5.86. The molecule has 0 aromatic rings. The molecule has 4 nitrogen and oxygen atoms in total. The molecular weight excluding hydrogens is 240 g/mol. The van der Waals surface area contributed by atoms with Gasteiger partial charge in [0, 0.05) is 18.5 Å². The van der Waals surface area contributed by atoms with Crippen molar-refractivity contribution in [3.05, 3.63) is 12.2 Å². The molecule has 2 aliphatic rings. The van der Waals surface area contributed by atoms with Gasteiger partial charge in [-0.15, -0.1) is 0 Å². The van der Waals surface area contributed by atoms with Gasteiger partial charge in [0.2, 0.25) is 11.8 Å². The monoisotopic (exact) mass is 264 g/mol. The molecule has 0 saturated heterocycles. The van der Waals surface area contributed by atoms with Gasteiger partial charge in [0.1, 0.15) is 0 Å². The van der Waals surface area contributed by atoms with Crippen molar-refractivity contribution in [3.8, 4) is 0 Å². The van der Waals surface area contributed by atoms with Gasteiger partial charge in [-0.25, -0.2) is 0 Å². The van der Waals surface area contributed by atoms with E-state index >= 15 is 0 Å². The number of nitrogens with zero attached hydrogens (tertiary/aromatic N) is 1. The Morgan fingerprint density at radius 3 is 2.42 bits per heavy atom. The summed E-state index contributed by atoms with van der Waals surface area (Å²) in [7, 11) is 1.72. The second-order valence-corrected chi connectivity index (χ2v) is 6.88. The van der Waals surface area contributed by atoms with Gasteiger partial charge >= 0.3 is 0 Å². The largest absolute Gasteiger partial charge is 0.350 e. The average molecular weight is 264 g/mol. The number of amides is 2. The number of rotatable bonds is 3. The van der Waals surface area contributed by atoms with E-state index in [9.17, 15) is 9.59 Å². The number of carbonyl (C=O) groups excluding carboxylic acids is 2. The van der Waals surface area contributed by atoms with E-state index in [1.807, 2.05) is 20.8 Å². The Morgan fingerprint density at radius 2 is 1.95 bits per heavy atom. The Labute approximate surface area is 115 Å². The highest BCUT2D eigenvalue weighted by Gasteiger charge is 2.41. The molecule has 2 bridgehead atoms. The van der Waals surface area contributed by atoms with Crippen molar-refractivity contribution in [1.29, 1.82) is 0 Å². The molecule has 4 heteroatoms. The van der Waals surface area contributed by atoms with Crippen LogP contribution in [0.5, 0.6) is 0 Å². The molecule has 2 rings (SSSR count). The van der Waals surface area contributed by atoms with E-state index in [-0.39, 0.29) is 29.8 Å². The normalized spacial score (nSPS) is 28.5. The van der Waals surface area contributed by atoms with Crippen molar-refractivity contribution in [2.45, 2.75) is 39.2 Å². The van der Waals surface area contributed by atoms with Crippen LogP contribution in [0, 0.1) is 17.8 Å². The van der Waals surface area contributed by atoms with Gasteiger partial charge in [-0.2, -0.15) is 0 Å². The van der Waals surface area contributed by atoms with Crippen LogP contribution < -0.4 is 5.32 Å². The summed E-state index contributed by atoms with van der Waals surface area (Å²) in [6.07, 6.45) is 6.45. The molecule has 1 fully saturated rings. The summed E-state index contributed by atoms with van der Waals surface area (Å²) < 4.78 is 0. The maximum absolute atomic E-state index is 12.3. The summed E-state index contributed by atoms with van der Waals surface area (Å²) in [5, 5.41) is 2.88. The van der Waals surface area contributed by atoms with Crippen LogP contribution in [0.1, 0.15) is 33.6 Å². The molecule has 3 unspecified atom stereocenters. The highest BCUT2D eigenvalue weighted by atomic mass is 16.2. The van der Waals surface area contributed by atoms with E-state index in [0.717, 1.165) is 12.8 Å². The van der Waals surface area contributed by atoms with E-state index in [1.165, 1.54) is 0 Å². The summed E-state index contributed by atoms with van der Waals surface area (Å²) in [4.78, 5) is 25.7. The highest BCUT2D eigenvalue weighted by Crippen LogP contribution is 2.43. The minimum absolute atomic E-state index is 0.0856. The zero-order valence-electron chi connectivity index (χ0n) is 12.3. The number of carbonyl (C=O) groups is 2. The fraction of sp³-hybridized carbons (Fsp3) is 0.733. The molecule has 1 saturated carbocycles. The third-order valence-corrected chi connectivity index (χ3v) is 3.87. The lowest BCUT2D eigenvalue weighted by atomic mass is 9.92. The second-order valence-electron chi connectivity index (χ2n) is 6.88. The summed E-state index contributed by atoms with van der Waals surface area (Å²) >= 11 is 0. The van der Waals surface area contributed by atoms with Gasteiger partial charge < -0.3 is 10.2 Å². The number of nitrogens with one attached hydrogen (secondary N) is 1. The Morgan fingerprint density at radius 1 is 1.26 bits per heavy atom. The van der Waals surface area contributed by atoms with E-state index in [4.69, 9.17) is 0 Å². The molecule has 0 heterocycles. The van der Waals surface area contributed by atoms with E-state index < -0.39 is 0 Å². The minimum atomic E-state index is -0.254. The summed E-state index contributed by atoms with van der Waals surface area (Å²) in [6.45, 7) is 5.96. The molecule has 0 aromatic carbocycles. The van der Waals surface area contributed by atoms with Gasteiger partial charge in [0.05, 0.1) is 6.54 Å². The quantitative estimate of drug-likeness (QED) is 0.787. The second kappa shape index (κ2) is 4.99. The van der Waals surface area contributed by atoms with E-state index in [2.05, 4.69) is 17.5 Å². The van der Waals surface area contributed by atoms with Crippen molar-refractivity contribution in [2.24, 2.45) is 17.8 Å². The molecule has 0 radical (unpaired) electrons. The van der Waals surface area contributed by atoms with Crippen LogP contribution in [-0.4, -0.2) is 35.8 Å². The zero-order valence-corrected chi connectivity index (χ0v) is 12.3. The smallest absolute Gasteiger partial charge is 0.240 e. The molecular formula is C15H24N2O2. The molecule has 106 valence electrons. The van der Waals surface area contributed by atoms with Crippen LogP contribution in [0.25, 0.3) is 0 Å². The zero-order chi connectivity index (χ0) is 14.2. The van der Waals surface area contributed by atoms with Crippen molar-refractivity contribution in [3.63, 3.8) is 0 Å². The van der Waals surface area contributed by atoms with Crippen LogP contribution in [0.3, 0.4) is 0 Å². The van der Waals surface area contributed by atoms with Crippen LogP contribution in [-0.2, 0) is 9.59 Å². The molecule has 3 atom stereocenters. The fourth-order valence-corrected chi connectivity index (χ4v) is 3.10. The van der Waals surface area contributed by atoms with Crippen LogP contribution in [0.4, 0.5) is 0 Å². The summed E-state index contributed by atoms with van der Waals surface area (Å²) in [6, 6.07) is 0. The Bertz CT molecular complexity index is 409. The Hall–Kier alpha value is -1.32. The number of allylic oxidation sites excluding steroid dienone is 2. The minimum Gasteiger partial charge on any atom is -0.350 e. The lowest BCUT2D eigenvalue weighted by Gasteiger charge is -2.26. The summed E-state index contributed by atoms with van der Waals surface area (Å²) in [5.41, 5.74) is -0.254. The predicted octanol–water partition coefficient (Wildman–Crippen LogP) is 1.57. The van der Waals surface area contributed by atoms with Crippen molar-refractivity contribution in [2.75, 3.05) is 13.6 Å². The van der Waals surface area contributed by atoms with Gasteiger partial charge in [0.15, 0.2) is 0 Å². The van der Waals surface area contributed by atoms with Gasteiger partial charge in [-0.3, -0.25) is 9.59 Å². The molecule has 19 heavy (non-hydrogen) atoms. The maximum Gasteiger partial charge on any atom is 0.240 e. The van der Waals surface area contributed by atoms with Gasteiger partial charge in [-0.1, -0.05) is 12.2 Å². The number of likely N-dealkylation sites (N-methyl/N-ethyl adjacent to an activating group) is 1. The van der Waals surface area contributed by atoms with E-state index in [0.29, 0.717) is 11.8 Å².